The Balaban J connectivity index is 2.52. The molecule has 0 aliphatic rings. The highest BCUT2D eigenvalue weighted by Crippen LogP contribution is 2.33. The van der Waals surface area contributed by atoms with Crippen LogP contribution in [0.25, 0.3) is 0 Å². The lowest BCUT2D eigenvalue weighted by molar-refractivity contribution is -0.385. The number of sulfonamides is 1. The van der Waals surface area contributed by atoms with Gasteiger partial charge in [0, 0.05) is 25.4 Å². The van der Waals surface area contributed by atoms with E-state index in [1.807, 2.05) is 0 Å². The lowest BCUT2D eigenvalue weighted by Crippen LogP contribution is -2.15. The predicted molar refractivity (Wildman–Crippen MR) is 76.9 cm³/mol. The second kappa shape index (κ2) is 5.34. The summed E-state index contributed by atoms with van der Waals surface area (Å²) in [6.45, 7) is 1.54. The standard InChI is InChI=1S/C11H11ClN4O4S/c1-7-5-8(16(17)18)11(12)9(6-7)21(19,20)14-10-3-4-15(2)13-10/h3-6H,1-2H3,(H,13,14). The fourth-order valence-electron chi connectivity index (χ4n) is 1.71. The van der Waals surface area contributed by atoms with Crippen molar-refractivity contribution < 1.29 is 13.3 Å². The quantitative estimate of drug-likeness (QED) is 0.682. The summed E-state index contributed by atoms with van der Waals surface area (Å²) >= 11 is 5.85. The molecule has 0 radical (unpaired) electrons. The van der Waals surface area contributed by atoms with Gasteiger partial charge in [0.2, 0.25) is 0 Å². The summed E-state index contributed by atoms with van der Waals surface area (Å²) in [5.74, 6) is 0.0951. The van der Waals surface area contributed by atoms with Gasteiger partial charge >= 0.3 is 0 Å². The first-order chi connectivity index (χ1) is 9.70. The number of anilines is 1. The van der Waals surface area contributed by atoms with E-state index in [1.165, 1.54) is 22.9 Å². The van der Waals surface area contributed by atoms with Crippen molar-refractivity contribution in [1.82, 2.24) is 9.78 Å². The van der Waals surface area contributed by atoms with Crippen molar-refractivity contribution in [3.05, 3.63) is 45.1 Å². The van der Waals surface area contributed by atoms with E-state index in [4.69, 9.17) is 11.6 Å². The molecule has 0 saturated carbocycles. The molecule has 0 spiro atoms. The van der Waals surface area contributed by atoms with Gasteiger partial charge in [-0.1, -0.05) is 11.6 Å². The summed E-state index contributed by atoms with van der Waals surface area (Å²) in [5.41, 5.74) is -0.0504. The minimum absolute atomic E-state index is 0.0951. The fraction of sp³-hybridized carbons (Fsp3) is 0.182. The summed E-state index contributed by atoms with van der Waals surface area (Å²) in [4.78, 5) is 9.82. The second-order valence-electron chi connectivity index (χ2n) is 4.33. The van der Waals surface area contributed by atoms with E-state index in [-0.39, 0.29) is 10.7 Å². The Hall–Kier alpha value is -2.13. The molecule has 0 amide bonds. The maximum atomic E-state index is 12.3. The van der Waals surface area contributed by atoms with Crippen LogP contribution in [-0.4, -0.2) is 23.1 Å². The summed E-state index contributed by atoms with van der Waals surface area (Å²) in [6, 6.07) is 3.93. The van der Waals surface area contributed by atoms with Crippen molar-refractivity contribution in [2.75, 3.05) is 4.72 Å². The van der Waals surface area contributed by atoms with Crippen LogP contribution in [0, 0.1) is 17.0 Å². The third-order valence-corrected chi connectivity index (χ3v) is 4.49. The van der Waals surface area contributed by atoms with E-state index in [1.54, 1.807) is 20.2 Å². The van der Waals surface area contributed by atoms with E-state index in [9.17, 15) is 18.5 Å². The van der Waals surface area contributed by atoms with Crippen molar-refractivity contribution >= 4 is 33.1 Å². The molecule has 0 fully saturated rings. The predicted octanol–water partition coefficient (Wildman–Crippen LogP) is 2.09. The van der Waals surface area contributed by atoms with Gasteiger partial charge in [0.1, 0.15) is 9.92 Å². The van der Waals surface area contributed by atoms with E-state index < -0.39 is 25.7 Å². The number of nitrogens with zero attached hydrogens (tertiary/aromatic N) is 3. The normalized spacial score (nSPS) is 11.4. The molecule has 1 N–H and O–H groups in total. The number of nitro benzene ring substituents is 1. The highest BCUT2D eigenvalue weighted by atomic mass is 35.5. The topological polar surface area (TPSA) is 107 Å². The molecular formula is C11H11ClN4O4S. The van der Waals surface area contributed by atoms with E-state index in [0.717, 1.165) is 0 Å². The van der Waals surface area contributed by atoms with Gasteiger partial charge in [0.25, 0.3) is 15.7 Å². The average molecular weight is 331 g/mol. The van der Waals surface area contributed by atoms with Crippen LogP contribution < -0.4 is 4.72 Å². The van der Waals surface area contributed by atoms with Gasteiger partial charge in [0.05, 0.1) is 4.92 Å². The summed E-state index contributed by atoms with van der Waals surface area (Å²) < 4.78 is 28.2. The third-order valence-electron chi connectivity index (χ3n) is 2.60. The van der Waals surface area contributed by atoms with E-state index in [0.29, 0.717) is 5.56 Å². The first kappa shape index (κ1) is 15.3. The number of hydrogen-bond donors (Lipinski definition) is 1. The van der Waals surface area contributed by atoms with Crippen LogP contribution in [0.1, 0.15) is 5.56 Å². The molecule has 2 rings (SSSR count). The molecule has 112 valence electrons. The Kier molecular flexibility index (Phi) is 3.88. The van der Waals surface area contributed by atoms with Crippen LogP contribution in [0.3, 0.4) is 0 Å². The molecule has 1 aromatic heterocycles. The Morgan fingerprint density at radius 1 is 1.43 bits per heavy atom. The minimum atomic E-state index is -4.07. The summed E-state index contributed by atoms with van der Waals surface area (Å²) in [7, 11) is -2.44. The maximum Gasteiger partial charge on any atom is 0.289 e. The first-order valence-corrected chi connectivity index (χ1v) is 7.54. The SMILES string of the molecule is Cc1cc([N+](=O)[O-])c(Cl)c(S(=O)(=O)Nc2ccn(C)n2)c1. The number of nitro groups is 1. The van der Waals surface area contributed by atoms with Crippen LogP contribution in [-0.2, 0) is 17.1 Å². The zero-order chi connectivity index (χ0) is 15.8. The minimum Gasteiger partial charge on any atom is -0.274 e. The lowest BCUT2D eigenvalue weighted by Gasteiger charge is -2.08. The van der Waals surface area contributed by atoms with Crippen LogP contribution in [0.5, 0.6) is 0 Å². The average Bonchev–Trinajstić information content (AvgIpc) is 2.76. The van der Waals surface area contributed by atoms with Gasteiger partial charge in [-0.05, 0) is 18.6 Å². The van der Waals surface area contributed by atoms with Gasteiger partial charge < -0.3 is 0 Å². The smallest absolute Gasteiger partial charge is 0.274 e. The molecule has 1 heterocycles. The highest BCUT2D eigenvalue weighted by Gasteiger charge is 2.26. The van der Waals surface area contributed by atoms with Crippen LogP contribution >= 0.6 is 11.6 Å². The molecule has 0 aliphatic heterocycles. The van der Waals surface area contributed by atoms with Gasteiger partial charge in [-0.25, -0.2) is 8.42 Å². The Morgan fingerprint density at radius 3 is 2.62 bits per heavy atom. The van der Waals surface area contributed by atoms with Crippen molar-refractivity contribution in [2.45, 2.75) is 11.8 Å². The third kappa shape index (κ3) is 3.14. The molecule has 0 aliphatic carbocycles. The van der Waals surface area contributed by atoms with Crippen LogP contribution in [0.2, 0.25) is 5.02 Å². The van der Waals surface area contributed by atoms with Gasteiger partial charge in [0.15, 0.2) is 5.82 Å². The van der Waals surface area contributed by atoms with E-state index in [2.05, 4.69) is 9.82 Å². The van der Waals surface area contributed by atoms with Crippen LogP contribution in [0.15, 0.2) is 29.3 Å². The lowest BCUT2D eigenvalue weighted by atomic mass is 10.2. The number of nitrogens with one attached hydrogen (secondary N) is 1. The number of aryl methyl sites for hydroxylation is 2. The maximum absolute atomic E-state index is 12.3. The summed E-state index contributed by atoms with van der Waals surface area (Å²) in [6.07, 6.45) is 1.55. The fourth-order valence-corrected chi connectivity index (χ4v) is 3.37. The van der Waals surface area contributed by atoms with Crippen molar-refractivity contribution in [1.29, 1.82) is 0 Å². The number of benzene rings is 1. The van der Waals surface area contributed by atoms with Crippen molar-refractivity contribution in [2.24, 2.45) is 7.05 Å². The van der Waals surface area contributed by atoms with Gasteiger partial charge in [-0.3, -0.25) is 19.5 Å². The number of rotatable bonds is 4. The Bertz CT molecular complexity index is 816. The molecule has 8 nitrogen and oxygen atoms in total. The van der Waals surface area contributed by atoms with Crippen LogP contribution in [0.4, 0.5) is 11.5 Å². The van der Waals surface area contributed by atoms with Crippen molar-refractivity contribution in [3.8, 4) is 0 Å². The molecule has 21 heavy (non-hydrogen) atoms. The Morgan fingerprint density at radius 2 is 2.10 bits per heavy atom. The molecule has 0 saturated heterocycles. The zero-order valence-electron chi connectivity index (χ0n) is 11.1. The van der Waals surface area contributed by atoms with Gasteiger partial charge in [-0.15, -0.1) is 0 Å². The molecule has 0 bridgehead atoms. The molecule has 0 unspecified atom stereocenters. The first-order valence-electron chi connectivity index (χ1n) is 5.68. The zero-order valence-corrected chi connectivity index (χ0v) is 12.6. The van der Waals surface area contributed by atoms with Crippen molar-refractivity contribution in [3.63, 3.8) is 0 Å². The molecule has 1 aromatic carbocycles. The second-order valence-corrected chi connectivity index (χ2v) is 6.36. The van der Waals surface area contributed by atoms with Gasteiger partial charge in [-0.2, -0.15) is 5.10 Å². The summed E-state index contributed by atoms with van der Waals surface area (Å²) in [5, 5.41) is 14.3. The molecule has 10 heteroatoms. The largest absolute Gasteiger partial charge is 0.289 e. The molecule has 2 aromatic rings. The highest BCUT2D eigenvalue weighted by molar-refractivity contribution is 7.92. The molecule has 0 atom stereocenters. The monoisotopic (exact) mass is 330 g/mol. The Labute approximate surface area is 125 Å². The van der Waals surface area contributed by atoms with E-state index >= 15 is 0 Å². The molecular weight excluding hydrogens is 320 g/mol. The number of aromatic nitrogens is 2. The number of halogens is 1. The number of hydrogen-bond acceptors (Lipinski definition) is 5.